The van der Waals surface area contributed by atoms with E-state index in [0.29, 0.717) is 18.6 Å². The number of ether oxygens (including phenoxy) is 2. The van der Waals surface area contributed by atoms with E-state index >= 15 is 0 Å². The molecule has 2 atom stereocenters. The van der Waals surface area contributed by atoms with Crippen molar-refractivity contribution in [1.82, 2.24) is 0 Å². The van der Waals surface area contributed by atoms with Crippen LogP contribution in [0, 0.1) is 11.8 Å². The van der Waals surface area contributed by atoms with Crippen molar-refractivity contribution in [3.63, 3.8) is 0 Å². The summed E-state index contributed by atoms with van der Waals surface area (Å²) in [7, 11) is 1.66. The van der Waals surface area contributed by atoms with Gasteiger partial charge in [-0.05, 0) is 12.3 Å². The summed E-state index contributed by atoms with van der Waals surface area (Å²) < 4.78 is 10.7. The second-order valence-electron chi connectivity index (χ2n) is 4.31. The Kier molecular flexibility index (Phi) is 8.73. The molecular formula is C13H26O2. The van der Waals surface area contributed by atoms with E-state index in [0.717, 1.165) is 6.42 Å². The highest BCUT2D eigenvalue weighted by molar-refractivity contribution is 4.87. The first kappa shape index (κ1) is 14.7. The van der Waals surface area contributed by atoms with E-state index in [9.17, 15) is 0 Å². The lowest BCUT2D eigenvalue weighted by atomic mass is 9.88. The molecule has 0 saturated carbocycles. The van der Waals surface area contributed by atoms with Gasteiger partial charge in [-0.1, -0.05) is 39.7 Å². The van der Waals surface area contributed by atoms with E-state index in [1.807, 2.05) is 6.08 Å². The first-order valence-electron chi connectivity index (χ1n) is 5.90. The molecule has 0 aliphatic carbocycles. The third-order valence-electron chi connectivity index (χ3n) is 2.71. The van der Waals surface area contributed by atoms with Crippen LogP contribution >= 0.6 is 0 Å². The first-order valence-corrected chi connectivity index (χ1v) is 5.90. The zero-order chi connectivity index (χ0) is 11.7. The predicted octanol–water partition coefficient (Wildman–Crippen LogP) is 3.62. The number of unbranched alkanes of at least 4 members (excludes halogenated alkanes) is 1. The van der Waals surface area contributed by atoms with Gasteiger partial charge < -0.3 is 9.47 Å². The zero-order valence-electron chi connectivity index (χ0n) is 10.7. The second kappa shape index (κ2) is 8.93. The molecule has 0 aliphatic heterocycles. The summed E-state index contributed by atoms with van der Waals surface area (Å²) in [6.07, 6.45) is 5.76. The van der Waals surface area contributed by atoms with Crippen LogP contribution in [-0.4, -0.2) is 20.0 Å². The summed E-state index contributed by atoms with van der Waals surface area (Å²) in [4.78, 5) is 0. The Labute approximate surface area is 94.7 Å². The lowest BCUT2D eigenvalue weighted by Gasteiger charge is -2.27. The van der Waals surface area contributed by atoms with Gasteiger partial charge in [-0.25, -0.2) is 0 Å². The van der Waals surface area contributed by atoms with Crippen LogP contribution < -0.4 is 0 Å². The van der Waals surface area contributed by atoms with Gasteiger partial charge in [0, 0.05) is 13.0 Å². The maximum Gasteiger partial charge on any atom is 0.146 e. The molecule has 0 saturated heterocycles. The van der Waals surface area contributed by atoms with Gasteiger partial charge in [-0.3, -0.25) is 0 Å². The molecule has 2 heteroatoms. The summed E-state index contributed by atoms with van der Waals surface area (Å²) >= 11 is 0. The highest BCUT2D eigenvalue weighted by Gasteiger charge is 2.21. The van der Waals surface area contributed by atoms with Gasteiger partial charge in [0.1, 0.15) is 6.79 Å². The van der Waals surface area contributed by atoms with E-state index < -0.39 is 0 Å². The van der Waals surface area contributed by atoms with Gasteiger partial charge in [0.2, 0.25) is 0 Å². The van der Waals surface area contributed by atoms with E-state index in [-0.39, 0.29) is 6.10 Å². The van der Waals surface area contributed by atoms with Gasteiger partial charge in [0.15, 0.2) is 0 Å². The lowest BCUT2D eigenvalue weighted by Crippen LogP contribution is -2.27. The summed E-state index contributed by atoms with van der Waals surface area (Å²) in [5.74, 6) is 0.993. The molecule has 0 heterocycles. The Hall–Kier alpha value is -0.340. The van der Waals surface area contributed by atoms with Crippen molar-refractivity contribution >= 4 is 0 Å². The summed E-state index contributed by atoms with van der Waals surface area (Å²) in [6, 6.07) is 0. The molecule has 0 aromatic heterocycles. The number of methoxy groups -OCH3 is 1. The van der Waals surface area contributed by atoms with Crippen molar-refractivity contribution in [2.24, 2.45) is 11.8 Å². The smallest absolute Gasteiger partial charge is 0.146 e. The average molecular weight is 214 g/mol. The number of rotatable bonds is 9. The Morgan fingerprint density at radius 1 is 1.33 bits per heavy atom. The van der Waals surface area contributed by atoms with E-state index in [1.165, 1.54) is 12.8 Å². The molecule has 15 heavy (non-hydrogen) atoms. The second-order valence-corrected chi connectivity index (χ2v) is 4.31. The van der Waals surface area contributed by atoms with E-state index in [1.54, 1.807) is 7.11 Å². The fourth-order valence-electron chi connectivity index (χ4n) is 1.80. The molecule has 0 fully saturated rings. The molecule has 0 aliphatic rings. The fraction of sp³-hybridized carbons (Fsp3) is 0.846. The van der Waals surface area contributed by atoms with E-state index in [2.05, 4.69) is 27.4 Å². The van der Waals surface area contributed by atoms with Gasteiger partial charge in [0.25, 0.3) is 0 Å². The van der Waals surface area contributed by atoms with Gasteiger partial charge in [-0.2, -0.15) is 0 Å². The molecule has 2 nitrogen and oxygen atoms in total. The third-order valence-corrected chi connectivity index (χ3v) is 2.71. The van der Waals surface area contributed by atoms with Crippen LogP contribution in [0.2, 0.25) is 0 Å². The van der Waals surface area contributed by atoms with Crippen LogP contribution in [0.5, 0.6) is 0 Å². The summed E-state index contributed by atoms with van der Waals surface area (Å²) in [5.41, 5.74) is 0. The van der Waals surface area contributed by atoms with Crippen LogP contribution in [0.15, 0.2) is 12.7 Å². The number of hydrogen-bond acceptors (Lipinski definition) is 2. The van der Waals surface area contributed by atoms with Gasteiger partial charge in [0.05, 0.1) is 6.10 Å². The largest absolute Gasteiger partial charge is 0.359 e. The van der Waals surface area contributed by atoms with Crippen molar-refractivity contribution in [3.05, 3.63) is 12.7 Å². The Morgan fingerprint density at radius 3 is 2.40 bits per heavy atom. The molecule has 0 aromatic rings. The number of hydrogen-bond donors (Lipinski definition) is 0. The van der Waals surface area contributed by atoms with Gasteiger partial charge >= 0.3 is 0 Å². The monoisotopic (exact) mass is 214 g/mol. The summed E-state index contributed by atoms with van der Waals surface area (Å²) in [5, 5.41) is 0. The van der Waals surface area contributed by atoms with Crippen molar-refractivity contribution in [1.29, 1.82) is 0 Å². The Balaban J connectivity index is 4.22. The standard InChI is InChI=1S/C13H26O2/c1-6-8-9-13(15-10-14-5)12(7-2)11(3)4/h7,11-13H,2,6,8-10H2,1,3-5H3/t12-,13-/m0/s1. The first-order chi connectivity index (χ1) is 7.17. The Morgan fingerprint density at radius 2 is 2.00 bits per heavy atom. The maximum atomic E-state index is 5.71. The molecule has 0 N–H and O–H groups in total. The molecule has 0 rings (SSSR count). The summed E-state index contributed by atoms with van der Waals surface area (Å²) in [6.45, 7) is 10.9. The van der Waals surface area contributed by atoms with Gasteiger partial charge in [-0.15, -0.1) is 6.58 Å². The topological polar surface area (TPSA) is 18.5 Å². The normalized spacial score (nSPS) is 15.3. The minimum Gasteiger partial charge on any atom is -0.359 e. The minimum atomic E-state index is 0.252. The van der Waals surface area contributed by atoms with Crippen LogP contribution in [0.1, 0.15) is 40.0 Å². The predicted molar refractivity (Wildman–Crippen MR) is 64.8 cm³/mol. The molecule has 0 unspecified atom stereocenters. The quantitative estimate of drug-likeness (QED) is 0.431. The van der Waals surface area contributed by atoms with Crippen LogP contribution in [0.4, 0.5) is 0 Å². The molecule has 0 spiro atoms. The fourth-order valence-corrected chi connectivity index (χ4v) is 1.80. The highest BCUT2D eigenvalue weighted by Crippen LogP contribution is 2.23. The molecule has 0 amide bonds. The SMILES string of the molecule is C=C[C@@H](C(C)C)[C@H](CCCC)OCOC. The molecule has 90 valence electrons. The zero-order valence-corrected chi connectivity index (χ0v) is 10.7. The lowest BCUT2D eigenvalue weighted by molar-refractivity contribution is -0.0932. The molecule has 0 bridgehead atoms. The Bertz CT molecular complexity index is 147. The van der Waals surface area contributed by atoms with Crippen molar-refractivity contribution < 1.29 is 9.47 Å². The average Bonchev–Trinajstić information content (AvgIpc) is 2.21. The molecular weight excluding hydrogens is 188 g/mol. The van der Waals surface area contributed by atoms with Crippen molar-refractivity contribution in [2.45, 2.75) is 46.1 Å². The minimum absolute atomic E-state index is 0.252. The molecule has 0 aromatic carbocycles. The maximum absolute atomic E-state index is 5.71. The van der Waals surface area contributed by atoms with Crippen LogP contribution in [0.3, 0.4) is 0 Å². The van der Waals surface area contributed by atoms with E-state index in [4.69, 9.17) is 9.47 Å². The van der Waals surface area contributed by atoms with Crippen LogP contribution in [-0.2, 0) is 9.47 Å². The third kappa shape index (κ3) is 5.95. The highest BCUT2D eigenvalue weighted by atomic mass is 16.7. The van der Waals surface area contributed by atoms with Crippen molar-refractivity contribution in [3.8, 4) is 0 Å². The van der Waals surface area contributed by atoms with Crippen LogP contribution in [0.25, 0.3) is 0 Å². The van der Waals surface area contributed by atoms with Crippen molar-refractivity contribution in [2.75, 3.05) is 13.9 Å². The molecule has 0 radical (unpaired) electrons.